The van der Waals surface area contributed by atoms with E-state index in [1.165, 1.54) is 0 Å². The Labute approximate surface area is 90.7 Å². The number of hydrogen-bond acceptors (Lipinski definition) is 2. The van der Waals surface area contributed by atoms with Crippen molar-refractivity contribution in [1.82, 2.24) is 0 Å². The van der Waals surface area contributed by atoms with Crippen LogP contribution < -0.4 is 0 Å². The lowest BCUT2D eigenvalue weighted by atomic mass is 10.1. The third kappa shape index (κ3) is 2.19. The summed E-state index contributed by atoms with van der Waals surface area (Å²) in [5.41, 5.74) is 0.348. The highest BCUT2D eigenvalue weighted by atomic mass is 19.1. The molecule has 0 unspecified atom stereocenters. The molecule has 2 rings (SSSR count). The van der Waals surface area contributed by atoms with Crippen molar-refractivity contribution >= 4 is 5.97 Å². The second kappa shape index (κ2) is 4.17. The van der Waals surface area contributed by atoms with Gasteiger partial charge in [0.1, 0.15) is 11.6 Å². The molecular weight excluding hydrogens is 218 g/mol. The van der Waals surface area contributed by atoms with E-state index in [0.717, 1.165) is 18.2 Å². The first-order valence-corrected chi connectivity index (χ1v) is 4.90. The molecule has 0 amide bonds. The van der Waals surface area contributed by atoms with E-state index in [9.17, 15) is 13.6 Å². The molecule has 0 bridgehead atoms. The molecule has 16 heavy (non-hydrogen) atoms. The van der Waals surface area contributed by atoms with E-state index >= 15 is 0 Å². The molecule has 2 atom stereocenters. The van der Waals surface area contributed by atoms with E-state index in [-0.39, 0.29) is 0 Å². The van der Waals surface area contributed by atoms with Gasteiger partial charge in [-0.2, -0.15) is 0 Å². The summed E-state index contributed by atoms with van der Waals surface area (Å²) < 4.78 is 31.0. The minimum absolute atomic E-state index is 0.348. The van der Waals surface area contributed by atoms with Gasteiger partial charge >= 0.3 is 5.97 Å². The van der Waals surface area contributed by atoms with Gasteiger partial charge in [-0.3, -0.25) is 0 Å². The van der Waals surface area contributed by atoms with Crippen LogP contribution in [0.4, 0.5) is 8.78 Å². The number of hydrogen-bond donors (Lipinski definition) is 1. The molecule has 1 heterocycles. The van der Waals surface area contributed by atoms with Crippen LogP contribution in [0.2, 0.25) is 0 Å². The molecule has 86 valence electrons. The highest BCUT2D eigenvalue weighted by Crippen LogP contribution is 2.33. The molecule has 1 aliphatic rings. The normalized spacial score (nSPS) is 24.6. The Morgan fingerprint density at radius 3 is 2.38 bits per heavy atom. The number of halogens is 2. The zero-order valence-corrected chi connectivity index (χ0v) is 8.32. The molecule has 3 nitrogen and oxygen atoms in total. The van der Waals surface area contributed by atoms with Crippen molar-refractivity contribution in [3.05, 3.63) is 35.4 Å². The first-order valence-electron chi connectivity index (χ1n) is 4.90. The van der Waals surface area contributed by atoms with E-state index in [1.807, 2.05) is 0 Å². The average Bonchev–Trinajstić information content (AvgIpc) is 2.64. The van der Waals surface area contributed by atoms with Gasteiger partial charge in [0.15, 0.2) is 6.10 Å². The summed E-state index contributed by atoms with van der Waals surface area (Å²) in [4.78, 5) is 10.6. The molecule has 1 aromatic rings. The zero-order chi connectivity index (χ0) is 11.7. The lowest BCUT2D eigenvalue weighted by molar-refractivity contribution is -0.149. The van der Waals surface area contributed by atoms with Crippen LogP contribution in [-0.4, -0.2) is 17.2 Å². The second-order valence-corrected chi connectivity index (χ2v) is 3.73. The predicted octanol–water partition coefficient (Wildman–Crippen LogP) is 2.27. The second-order valence-electron chi connectivity index (χ2n) is 3.73. The summed E-state index contributed by atoms with van der Waals surface area (Å²) in [7, 11) is 0. The van der Waals surface area contributed by atoms with Crippen LogP contribution in [0.25, 0.3) is 0 Å². The number of carboxylic acids is 1. The standard InChI is InChI=1S/C11H10F2O3/c12-7-3-6(4-8(13)5-7)9-1-2-10(16-9)11(14)15/h3-5,9-10H,1-2H2,(H,14,15)/t9-,10-/m1/s1. The molecule has 0 radical (unpaired) electrons. The molecule has 0 spiro atoms. The number of carboxylic acid groups (broad SMARTS) is 1. The predicted molar refractivity (Wildman–Crippen MR) is 50.8 cm³/mol. The van der Waals surface area contributed by atoms with E-state index in [2.05, 4.69) is 0 Å². The molecular formula is C11H10F2O3. The number of ether oxygens (including phenoxy) is 1. The third-order valence-corrected chi connectivity index (χ3v) is 2.55. The summed E-state index contributed by atoms with van der Waals surface area (Å²) in [6.45, 7) is 0. The fourth-order valence-corrected chi connectivity index (χ4v) is 1.83. The number of aliphatic carboxylic acids is 1. The molecule has 1 fully saturated rings. The monoisotopic (exact) mass is 228 g/mol. The summed E-state index contributed by atoms with van der Waals surface area (Å²) in [5.74, 6) is -2.41. The van der Waals surface area contributed by atoms with E-state index in [4.69, 9.17) is 9.84 Å². The molecule has 1 N–H and O–H groups in total. The Bertz CT molecular complexity index is 399. The fraction of sp³-hybridized carbons (Fsp3) is 0.364. The average molecular weight is 228 g/mol. The van der Waals surface area contributed by atoms with Crippen LogP contribution in [0.1, 0.15) is 24.5 Å². The lowest BCUT2D eigenvalue weighted by Crippen LogP contribution is -2.18. The van der Waals surface area contributed by atoms with E-state index < -0.39 is 29.8 Å². The molecule has 0 aliphatic carbocycles. The van der Waals surface area contributed by atoms with Crippen molar-refractivity contribution in [1.29, 1.82) is 0 Å². The van der Waals surface area contributed by atoms with Crippen LogP contribution in [0, 0.1) is 11.6 Å². The Balaban J connectivity index is 2.17. The van der Waals surface area contributed by atoms with Gasteiger partial charge in [-0.1, -0.05) is 0 Å². The Kier molecular flexibility index (Phi) is 2.87. The number of benzene rings is 1. The van der Waals surface area contributed by atoms with Crippen LogP contribution in [0.15, 0.2) is 18.2 Å². The molecule has 0 aromatic heterocycles. The fourth-order valence-electron chi connectivity index (χ4n) is 1.83. The largest absolute Gasteiger partial charge is 0.479 e. The summed E-state index contributed by atoms with van der Waals surface area (Å²) in [6, 6.07) is 3.10. The van der Waals surface area contributed by atoms with Crippen LogP contribution in [-0.2, 0) is 9.53 Å². The first-order chi connectivity index (χ1) is 7.56. The number of rotatable bonds is 2. The van der Waals surface area contributed by atoms with Crippen molar-refractivity contribution in [3.63, 3.8) is 0 Å². The summed E-state index contributed by atoms with van der Waals surface area (Å²) >= 11 is 0. The van der Waals surface area contributed by atoms with Crippen molar-refractivity contribution in [2.75, 3.05) is 0 Å². The van der Waals surface area contributed by atoms with Gasteiger partial charge in [-0.15, -0.1) is 0 Å². The van der Waals surface area contributed by atoms with E-state index in [1.54, 1.807) is 0 Å². The smallest absolute Gasteiger partial charge is 0.332 e. The minimum Gasteiger partial charge on any atom is -0.479 e. The topological polar surface area (TPSA) is 46.5 Å². The lowest BCUT2D eigenvalue weighted by Gasteiger charge is -2.11. The van der Waals surface area contributed by atoms with Gasteiger partial charge in [-0.25, -0.2) is 13.6 Å². The highest BCUT2D eigenvalue weighted by molar-refractivity contribution is 5.72. The van der Waals surface area contributed by atoms with Crippen LogP contribution in [0.3, 0.4) is 0 Å². The molecule has 0 saturated carbocycles. The van der Waals surface area contributed by atoms with Crippen molar-refractivity contribution < 1.29 is 23.4 Å². The molecule has 1 aliphatic heterocycles. The quantitative estimate of drug-likeness (QED) is 0.844. The zero-order valence-electron chi connectivity index (χ0n) is 8.32. The maximum absolute atomic E-state index is 12.9. The minimum atomic E-state index is -1.04. The van der Waals surface area contributed by atoms with Gasteiger partial charge in [-0.05, 0) is 30.5 Å². The molecule has 1 aromatic carbocycles. The van der Waals surface area contributed by atoms with Crippen molar-refractivity contribution in [3.8, 4) is 0 Å². The number of carbonyl (C=O) groups is 1. The highest BCUT2D eigenvalue weighted by Gasteiger charge is 2.31. The molecule has 1 saturated heterocycles. The SMILES string of the molecule is O=C(O)[C@H]1CC[C@H](c2cc(F)cc(F)c2)O1. The van der Waals surface area contributed by atoms with Gasteiger partial charge in [0.05, 0.1) is 6.10 Å². The Morgan fingerprint density at radius 2 is 1.88 bits per heavy atom. The van der Waals surface area contributed by atoms with Gasteiger partial charge in [0.25, 0.3) is 0 Å². The van der Waals surface area contributed by atoms with Crippen LogP contribution in [0.5, 0.6) is 0 Å². The van der Waals surface area contributed by atoms with Crippen molar-refractivity contribution in [2.24, 2.45) is 0 Å². The third-order valence-electron chi connectivity index (χ3n) is 2.55. The Morgan fingerprint density at radius 1 is 1.25 bits per heavy atom. The maximum atomic E-state index is 12.9. The maximum Gasteiger partial charge on any atom is 0.332 e. The van der Waals surface area contributed by atoms with Gasteiger partial charge in [0.2, 0.25) is 0 Å². The van der Waals surface area contributed by atoms with Gasteiger partial charge < -0.3 is 9.84 Å². The summed E-state index contributed by atoms with van der Waals surface area (Å²) in [6.07, 6.45) is -0.597. The first kappa shape index (κ1) is 11.0. The Hall–Kier alpha value is -1.49. The summed E-state index contributed by atoms with van der Waals surface area (Å²) in [5, 5.41) is 8.71. The van der Waals surface area contributed by atoms with Gasteiger partial charge in [0, 0.05) is 6.07 Å². The van der Waals surface area contributed by atoms with E-state index in [0.29, 0.717) is 18.4 Å². The molecule has 5 heteroatoms. The van der Waals surface area contributed by atoms with Crippen molar-refractivity contribution in [2.45, 2.75) is 25.0 Å². The van der Waals surface area contributed by atoms with Crippen LogP contribution >= 0.6 is 0 Å².